The Bertz CT molecular complexity index is 699. The van der Waals surface area contributed by atoms with E-state index in [9.17, 15) is 14.4 Å². The Morgan fingerprint density at radius 3 is 2.65 bits per heavy atom. The number of amides is 2. The highest BCUT2D eigenvalue weighted by Gasteiger charge is 2.35. The number of thiophene rings is 1. The topological polar surface area (TPSA) is 78.9 Å². The van der Waals surface area contributed by atoms with Gasteiger partial charge >= 0.3 is 5.97 Å². The molecule has 7 nitrogen and oxygen atoms in total. The lowest BCUT2D eigenvalue weighted by molar-refractivity contribution is -0.128. The predicted octanol–water partition coefficient (Wildman–Crippen LogP) is 1.89. The second-order valence-electron chi connectivity index (χ2n) is 6.87. The first kappa shape index (κ1) is 20.4. The fourth-order valence-electron chi connectivity index (χ4n) is 3.02. The zero-order valence-electron chi connectivity index (χ0n) is 16.0. The van der Waals surface area contributed by atoms with Crippen molar-refractivity contribution >= 4 is 34.1 Å². The maximum atomic E-state index is 12.6. The van der Waals surface area contributed by atoms with E-state index in [-0.39, 0.29) is 18.2 Å². The van der Waals surface area contributed by atoms with Gasteiger partial charge in [0.1, 0.15) is 5.00 Å². The van der Waals surface area contributed by atoms with Crippen LogP contribution in [0, 0.1) is 19.8 Å². The number of methoxy groups -OCH3 is 1. The second kappa shape index (κ2) is 8.64. The van der Waals surface area contributed by atoms with Crippen LogP contribution < -0.4 is 5.32 Å². The first-order chi connectivity index (χ1) is 12.2. The van der Waals surface area contributed by atoms with Gasteiger partial charge in [-0.25, -0.2) is 4.79 Å². The van der Waals surface area contributed by atoms with Crippen molar-refractivity contribution in [1.82, 2.24) is 9.80 Å². The number of ether oxygens (including phenoxy) is 1. The molecule has 0 saturated carbocycles. The summed E-state index contributed by atoms with van der Waals surface area (Å²) in [5, 5.41) is 3.33. The number of anilines is 1. The minimum atomic E-state index is -0.463. The molecule has 144 valence electrons. The molecule has 0 aliphatic carbocycles. The van der Waals surface area contributed by atoms with Crippen LogP contribution in [0.1, 0.15) is 33.6 Å². The summed E-state index contributed by atoms with van der Waals surface area (Å²) in [4.78, 5) is 41.6. The summed E-state index contributed by atoms with van der Waals surface area (Å²) in [5.74, 6) is -1.07. The average Bonchev–Trinajstić information content (AvgIpc) is 3.07. The largest absolute Gasteiger partial charge is 0.465 e. The van der Waals surface area contributed by atoms with E-state index in [2.05, 4.69) is 10.2 Å². The molecule has 1 aliphatic rings. The molecule has 1 aromatic rings. The Hall–Kier alpha value is -1.93. The number of likely N-dealkylation sites (tertiary alicyclic amines) is 1. The first-order valence-corrected chi connectivity index (χ1v) is 9.47. The van der Waals surface area contributed by atoms with Gasteiger partial charge in [0.15, 0.2) is 0 Å². The summed E-state index contributed by atoms with van der Waals surface area (Å²) < 4.78 is 4.83. The number of carbonyl (C=O) groups excluding carboxylic acids is 3. The quantitative estimate of drug-likeness (QED) is 0.730. The van der Waals surface area contributed by atoms with Crippen molar-refractivity contribution in [3.05, 3.63) is 16.0 Å². The summed E-state index contributed by atoms with van der Waals surface area (Å²) in [6, 6.07) is 0. The number of rotatable bonds is 7. The maximum Gasteiger partial charge on any atom is 0.341 e. The zero-order valence-corrected chi connectivity index (χ0v) is 16.9. The number of carbonyl (C=O) groups is 3. The molecule has 1 unspecified atom stereocenters. The Balaban J connectivity index is 2.02. The molecular formula is C18H27N3O4S. The molecule has 1 N–H and O–H groups in total. The summed E-state index contributed by atoms with van der Waals surface area (Å²) in [6.45, 7) is 5.71. The van der Waals surface area contributed by atoms with Crippen molar-refractivity contribution in [2.24, 2.45) is 5.92 Å². The van der Waals surface area contributed by atoms with Gasteiger partial charge in [-0.05, 0) is 46.5 Å². The van der Waals surface area contributed by atoms with Gasteiger partial charge in [0.25, 0.3) is 0 Å². The van der Waals surface area contributed by atoms with Crippen molar-refractivity contribution in [2.75, 3.05) is 46.2 Å². The summed E-state index contributed by atoms with van der Waals surface area (Å²) in [5.41, 5.74) is 1.21. The number of nitrogens with one attached hydrogen (secondary N) is 1. The molecule has 1 aliphatic heterocycles. The molecule has 0 spiro atoms. The summed E-state index contributed by atoms with van der Waals surface area (Å²) >= 11 is 1.35. The number of esters is 1. The smallest absolute Gasteiger partial charge is 0.341 e. The number of nitrogens with zero attached hydrogens (tertiary/aromatic N) is 2. The minimum absolute atomic E-state index is 0.00985. The summed E-state index contributed by atoms with van der Waals surface area (Å²) in [7, 11) is 5.31. The molecule has 1 aromatic heterocycles. The average molecular weight is 381 g/mol. The van der Waals surface area contributed by atoms with E-state index in [1.165, 1.54) is 18.4 Å². The third-order valence-electron chi connectivity index (χ3n) is 4.63. The Morgan fingerprint density at radius 1 is 1.35 bits per heavy atom. The molecule has 1 saturated heterocycles. The standard InChI is InChI=1S/C18H27N3O4S/c1-11-12(2)26-17(15(11)18(24)25-5)19-16(23)13-9-14(22)21(10-13)8-6-7-20(3)4/h13H,6-10H2,1-5H3,(H,19,23). The van der Waals surface area contributed by atoms with Gasteiger partial charge in [0, 0.05) is 24.4 Å². The van der Waals surface area contributed by atoms with Gasteiger partial charge in [-0.3, -0.25) is 9.59 Å². The molecule has 1 atom stereocenters. The van der Waals surface area contributed by atoms with Gasteiger partial charge in [-0.1, -0.05) is 0 Å². The van der Waals surface area contributed by atoms with Crippen molar-refractivity contribution in [1.29, 1.82) is 0 Å². The third kappa shape index (κ3) is 4.62. The van der Waals surface area contributed by atoms with Crippen LogP contribution in [-0.4, -0.2) is 68.4 Å². The lowest BCUT2D eigenvalue weighted by Gasteiger charge is -2.18. The van der Waals surface area contributed by atoms with Gasteiger partial charge in [-0.15, -0.1) is 11.3 Å². The molecule has 2 amide bonds. The lowest BCUT2D eigenvalue weighted by Crippen LogP contribution is -2.30. The van der Waals surface area contributed by atoms with E-state index in [0.717, 1.165) is 23.4 Å². The Labute approximate surface area is 158 Å². The van der Waals surface area contributed by atoms with Crippen molar-refractivity contribution < 1.29 is 19.1 Å². The van der Waals surface area contributed by atoms with Crippen molar-refractivity contribution in [3.63, 3.8) is 0 Å². The van der Waals surface area contributed by atoms with Gasteiger partial charge < -0.3 is 19.9 Å². The van der Waals surface area contributed by atoms with E-state index >= 15 is 0 Å². The van der Waals surface area contributed by atoms with Crippen LogP contribution in [0.5, 0.6) is 0 Å². The van der Waals surface area contributed by atoms with Crippen molar-refractivity contribution in [2.45, 2.75) is 26.7 Å². The van der Waals surface area contributed by atoms with Crippen LogP contribution in [0.4, 0.5) is 5.00 Å². The molecular weight excluding hydrogens is 354 g/mol. The Morgan fingerprint density at radius 2 is 2.04 bits per heavy atom. The molecule has 1 fully saturated rings. The molecule has 0 radical (unpaired) electrons. The van der Waals surface area contributed by atoms with Crippen LogP contribution in [0.3, 0.4) is 0 Å². The fraction of sp³-hybridized carbons (Fsp3) is 0.611. The number of aryl methyl sites for hydroxylation is 1. The molecule has 8 heteroatoms. The normalized spacial score (nSPS) is 17.1. The highest BCUT2D eigenvalue weighted by Crippen LogP contribution is 2.33. The van der Waals surface area contributed by atoms with Gasteiger partial charge in [0.2, 0.25) is 11.8 Å². The van der Waals surface area contributed by atoms with E-state index in [0.29, 0.717) is 23.7 Å². The highest BCUT2D eigenvalue weighted by molar-refractivity contribution is 7.16. The summed E-state index contributed by atoms with van der Waals surface area (Å²) in [6.07, 6.45) is 1.09. The van der Waals surface area contributed by atoms with Gasteiger partial charge in [-0.2, -0.15) is 0 Å². The van der Waals surface area contributed by atoms with Gasteiger partial charge in [0.05, 0.1) is 18.6 Å². The molecule has 0 aromatic carbocycles. The van der Waals surface area contributed by atoms with Crippen LogP contribution in [0.15, 0.2) is 0 Å². The highest BCUT2D eigenvalue weighted by atomic mass is 32.1. The number of hydrogen-bond acceptors (Lipinski definition) is 6. The number of hydrogen-bond donors (Lipinski definition) is 1. The zero-order chi connectivity index (χ0) is 19.4. The van der Waals surface area contributed by atoms with Crippen LogP contribution in [-0.2, 0) is 14.3 Å². The molecule has 0 bridgehead atoms. The second-order valence-corrected chi connectivity index (χ2v) is 8.09. The van der Waals surface area contributed by atoms with Crippen LogP contribution in [0.2, 0.25) is 0 Å². The SMILES string of the molecule is COC(=O)c1c(NC(=O)C2CC(=O)N(CCCN(C)C)C2)sc(C)c1C. The van der Waals surface area contributed by atoms with E-state index in [4.69, 9.17) is 4.74 Å². The molecule has 2 heterocycles. The first-order valence-electron chi connectivity index (χ1n) is 8.66. The predicted molar refractivity (Wildman–Crippen MR) is 102 cm³/mol. The van der Waals surface area contributed by atoms with E-state index in [1.807, 2.05) is 27.9 Å². The molecule has 2 rings (SSSR count). The minimum Gasteiger partial charge on any atom is -0.465 e. The monoisotopic (exact) mass is 381 g/mol. The maximum absolute atomic E-state index is 12.6. The van der Waals surface area contributed by atoms with Crippen LogP contribution >= 0.6 is 11.3 Å². The Kier molecular flexibility index (Phi) is 6.77. The van der Waals surface area contributed by atoms with E-state index in [1.54, 1.807) is 4.90 Å². The third-order valence-corrected chi connectivity index (χ3v) is 5.75. The van der Waals surface area contributed by atoms with E-state index < -0.39 is 11.9 Å². The molecule has 26 heavy (non-hydrogen) atoms. The van der Waals surface area contributed by atoms with Crippen LogP contribution in [0.25, 0.3) is 0 Å². The van der Waals surface area contributed by atoms with Crippen molar-refractivity contribution in [3.8, 4) is 0 Å². The lowest BCUT2D eigenvalue weighted by atomic mass is 10.1. The fourth-order valence-corrected chi connectivity index (χ4v) is 4.07.